The topological polar surface area (TPSA) is 64.1 Å². The van der Waals surface area contributed by atoms with Gasteiger partial charge in [-0.15, -0.1) is 0 Å². The third kappa shape index (κ3) is 2.06. The number of phenols is 1. The van der Waals surface area contributed by atoms with E-state index in [4.69, 9.17) is 5.73 Å². The Kier molecular flexibility index (Phi) is 2.92. The van der Waals surface area contributed by atoms with Crippen LogP contribution in [0.25, 0.3) is 11.3 Å². The van der Waals surface area contributed by atoms with E-state index in [9.17, 15) is 5.11 Å². The molecule has 0 bridgehead atoms. The molecule has 1 unspecified atom stereocenters. The van der Waals surface area contributed by atoms with E-state index in [1.54, 1.807) is 24.7 Å². The van der Waals surface area contributed by atoms with Crippen LogP contribution < -0.4 is 5.73 Å². The van der Waals surface area contributed by atoms with Gasteiger partial charge in [-0.2, -0.15) is 0 Å². The number of nitrogens with zero attached hydrogens (tertiary/aromatic N) is 2. The molecule has 1 aromatic heterocycles. The van der Waals surface area contributed by atoms with Crippen molar-refractivity contribution in [1.29, 1.82) is 0 Å². The standard InChI is InChI=1S/C12H15N3O/c1-9(13)7-15-8-14-6-11(15)10-4-2-3-5-12(10)16/h2-6,8-9,16H,7,13H2,1H3. The van der Waals surface area contributed by atoms with Gasteiger partial charge in [-0.05, 0) is 19.1 Å². The van der Waals surface area contributed by atoms with Gasteiger partial charge in [0.15, 0.2) is 0 Å². The van der Waals surface area contributed by atoms with Crippen molar-refractivity contribution in [1.82, 2.24) is 9.55 Å². The van der Waals surface area contributed by atoms with Gasteiger partial charge >= 0.3 is 0 Å². The second kappa shape index (κ2) is 4.37. The number of phenolic OH excluding ortho intramolecular Hbond substituents is 1. The molecule has 4 heteroatoms. The number of aromatic nitrogens is 2. The molecule has 1 atom stereocenters. The monoisotopic (exact) mass is 217 g/mol. The molecule has 1 heterocycles. The van der Waals surface area contributed by atoms with Crippen LogP contribution in [0.15, 0.2) is 36.8 Å². The summed E-state index contributed by atoms with van der Waals surface area (Å²) >= 11 is 0. The van der Waals surface area contributed by atoms with Crippen LogP contribution in [0.4, 0.5) is 0 Å². The summed E-state index contributed by atoms with van der Waals surface area (Å²) in [4.78, 5) is 4.09. The van der Waals surface area contributed by atoms with Crippen molar-refractivity contribution in [3.05, 3.63) is 36.8 Å². The zero-order valence-corrected chi connectivity index (χ0v) is 9.17. The molecular formula is C12H15N3O. The maximum atomic E-state index is 9.77. The van der Waals surface area contributed by atoms with Gasteiger partial charge in [0.1, 0.15) is 5.75 Å². The lowest BCUT2D eigenvalue weighted by molar-refractivity contribution is 0.476. The maximum Gasteiger partial charge on any atom is 0.124 e. The Balaban J connectivity index is 2.41. The summed E-state index contributed by atoms with van der Waals surface area (Å²) in [6, 6.07) is 7.27. The molecule has 1 aromatic carbocycles. The van der Waals surface area contributed by atoms with Crippen molar-refractivity contribution >= 4 is 0 Å². The van der Waals surface area contributed by atoms with E-state index in [2.05, 4.69) is 4.98 Å². The van der Waals surface area contributed by atoms with Crippen LogP contribution in [0.2, 0.25) is 0 Å². The van der Waals surface area contributed by atoms with Crippen molar-refractivity contribution in [2.24, 2.45) is 5.73 Å². The second-order valence-corrected chi connectivity index (χ2v) is 3.93. The summed E-state index contributed by atoms with van der Waals surface area (Å²) in [6.45, 7) is 2.62. The van der Waals surface area contributed by atoms with Crippen molar-refractivity contribution in [3.8, 4) is 17.0 Å². The molecule has 3 N–H and O–H groups in total. The lowest BCUT2D eigenvalue weighted by atomic mass is 10.1. The third-order valence-electron chi connectivity index (χ3n) is 2.38. The van der Waals surface area contributed by atoms with E-state index < -0.39 is 0 Å². The highest BCUT2D eigenvalue weighted by atomic mass is 16.3. The average Bonchev–Trinajstić information content (AvgIpc) is 2.66. The van der Waals surface area contributed by atoms with Crippen LogP contribution in [0.5, 0.6) is 5.75 Å². The highest BCUT2D eigenvalue weighted by Crippen LogP contribution is 2.28. The minimum Gasteiger partial charge on any atom is -0.507 e. The molecule has 0 saturated heterocycles. The number of hydrogen-bond acceptors (Lipinski definition) is 3. The zero-order valence-electron chi connectivity index (χ0n) is 9.17. The largest absolute Gasteiger partial charge is 0.507 e. The molecule has 0 spiro atoms. The van der Waals surface area contributed by atoms with E-state index in [1.165, 1.54) is 0 Å². The summed E-state index contributed by atoms with van der Waals surface area (Å²) in [5.74, 6) is 0.258. The first kappa shape index (κ1) is 10.7. The first-order valence-corrected chi connectivity index (χ1v) is 5.22. The summed E-state index contributed by atoms with van der Waals surface area (Å²) in [7, 11) is 0. The van der Waals surface area contributed by atoms with Gasteiger partial charge in [0.2, 0.25) is 0 Å². The van der Waals surface area contributed by atoms with Crippen LogP contribution in [-0.4, -0.2) is 20.7 Å². The molecule has 0 aliphatic carbocycles. The fourth-order valence-electron chi connectivity index (χ4n) is 1.69. The lowest BCUT2D eigenvalue weighted by Gasteiger charge is -2.11. The summed E-state index contributed by atoms with van der Waals surface area (Å²) < 4.78 is 1.94. The van der Waals surface area contributed by atoms with E-state index in [0.717, 1.165) is 11.3 Å². The zero-order chi connectivity index (χ0) is 11.5. The Bertz CT molecular complexity index is 477. The van der Waals surface area contributed by atoms with Gasteiger partial charge < -0.3 is 15.4 Å². The highest BCUT2D eigenvalue weighted by molar-refractivity contribution is 5.66. The first-order chi connectivity index (χ1) is 7.68. The Morgan fingerprint density at radius 3 is 2.88 bits per heavy atom. The average molecular weight is 217 g/mol. The SMILES string of the molecule is CC(N)Cn1cncc1-c1ccccc1O. The number of imidazole rings is 1. The third-order valence-corrected chi connectivity index (χ3v) is 2.38. The second-order valence-electron chi connectivity index (χ2n) is 3.93. The van der Waals surface area contributed by atoms with Crippen molar-refractivity contribution < 1.29 is 5.11 Å². The van der Waals surface area contributed by atoms with E-state index in [1.807, 2.05) is 23.6 Å². The van der Waals surface area contributed by atoms with Gasteiger partial charge in [-0.3, -0.25) is 0 Å². The van der Waals surface area contributed by atoms with Gasteiger partial charge in [0.25, 0.3) is 0 Å². The fourth-order valence-corrected chi connectivity index (χ4v) is 1.69. The summed E-state index contributed by atoms with van der Waals surface area (Å²) in [5, 5.41) is 9.77. The molecule has 2 rings (SSSR count). The molecule has 84 valence electrons. The van der Waals surface area contributed by atoms with E-state index in [-0.39, 0.29) is 11.8 Å². The van der Waals surface area contributed by atoms with E-state index >= 15 is 0 Å². The molecule has 0 amide bonds. The fraction of sp³-hybridized carbons (Fsp3) is 0.250. The Hall–Kier alpha value is -1.81. The maximum absolute atomic E-state index is 9.77. The van der Waals surface area contributed by atoms with Gasteiger partial charge in [-0.1, -0.05) is 12.1 Å². The summed E-state index contributed by atoms with van der Waals surface area (Å²) in [5.41, 5.74) is 7.42. The Morgan fingerprint density at radius 1 is 1.44 bits per heavy atom. The summed E-state index contributed by atoms with van der Waals surface area (Å²) in [6.07, 6.45) is 3.46. The van der Waals surface area contributed by atoms with Crippen LogP contribution in [0, 0.1) is 0 Å². The Morgan fingerprint density at radius 2 is 2.19 bits per heavy atom. The number of rotatable bonds is 3. The number of hydrogen-bond donors (Lipinski definition) is 2. The van der Waals surface area contributed by atoms with Crippen LogP contribution in [-0.2, 0) is 6.54 Å². The molecule has 16 heavy (non-hydrogen) atoms. The number of para-hydroxylation sites is 1. The van der Waals surface area contributed by atoms with E-state index in [0.29, 0.717) is 6.54 Å². The molecule has 2 aromatic rings. The van der Waals surface area contributed by atoms with Crippen molar-refractivity contribution in [3.63, 3.8) is 0 Å². The van der Waals surface area contributed by atoms with Gasteiger partial charge in [0, 0.05) is 18.2 Å². The predicted octanol–water partition coefficient (Wildman–Crippen LogP) is 1.60. The van der Waals surface area contributed by atoms with Crippen LogP contribution >= 0.6 is 0 Å². The van der Waals surface area contributed by atoms with Crippen LogP contribution in [0.1, 0.15) is 6.92 Å². The molecule has 0 radical (unpaired) electrons. The Labute approximate surface area is 94.4 Å². The van der Waals surface area contributed by atoms with Crippen molar-refractivity contribution in [2.75, 3.05) is 0 Å². The normalized spacial score (nSPS) is 12.6. The molecule has 0 fully saturated rings. The quantitative estimate of drug-likeness (QED) is 0.820. The molecule has 0 aliphatic heterocycles. The minimum atomic E-state index is 0.0544. The smallest absolute Gasteiger partial charge is 0.124 e. The first-order valence-electron chi connectivity index (χ1n) is 5.22. The van der Waals surface area contributed by atoms with Gasteiger partial charge in [-0.25, -0.2) is 4.98 Å². The highest BCUT2D eigenvalue weighted by Gasteiger charge is 2.09. The van der Waals surface area contributed by atoms with Crippen LogP contribution in [0.3, 0.4) is 0 Å². The molecule has 0 aliphatic rings. The number of aromatic hydroxyl groups is 1. The van der Waals surface area contributed by atoms with Crippen molar-refractivity contribution in [2.45, 2.75) is 19.5 Å². The lowest BCUT2D eigenvalue weighted by Crippen LogP contribution is -2.22. The number of benzene rings is 1. The predicted molar refractivity (Wildman–Crippen MR) is 63.0 cm³/mol. The molecule has 4 nitrogen and oxygen atoms in total. The molecular weight excluding hydrogens is 202 g/mol. The van der Waals surface area contributed by atoms with Gasteiger partial charge in [0.05, 0.1) is 18.2 Å². The number of nitrogens with two attached hydrogens (primary N) is 1. The minimum absolute atomic E-state index is 0.0544. The molecule has 0 saturated carbocycles.